The highest BCUT2D eigenvalue weighted by molar-refractivity contribution is 5.95. The van der Waals surface area contributed by atoms with Gasteiger partial charge in [-0.2, -0.15) is 0 Å². The number of amides is 1. The first-order valence-corrected chi connectivity index (χ1v) is 8.19. The van der Waals surface area contributed by atoms with Gasteiger partial charge in [0.2, 0.25) is 0 Å². The maximum absolute atomic E-state index is 12.0. The van der Waals surface area contributed by atoms with Crippen LogP contribution in [-0.4, -0.2) is 33.5 Å². The predicted octanol–water partition coefficient (Wildman–Crippen LogP) is 2.66. The van der Waals surface area contributed by atoms with Gasteiger partial charge in [-0.3, -0.25) is 14.6 Å². The van der Waals surface area contributed by atoms with Gasteiger partial charge in [0.05, 0.1) is 23.4 Å². The van der Waals surface area contributed by atoms with E-state index in [-0.39, 0.29) is 18.9 Å². The van der Waals surface area contributed by atoms with Crippen molar-refractivity contribution in [1.29, 1.82) is 0 Å². The van der Waals surface area contributed by atoms with Crippen molar-refractivity contribution < 1.29 is 19.4 Å². The number of nitrogens with zero attached hydrogens (tertiary/aromatic N) is 1. The third kappa shape index (κ3) is 4.85. The molecule has 1 aromatic carbocycles. The molecule has 8 nitrogen and oxygen atoms in total. The van der Waals surface area contributed by atoms with E-state index >= 15 is 0 Å². The van der Waals surface area contributed by atoms with Crippen molar-refractivity contribution in [2.24, 2.45) is 0 Å². The molecule has 0 fully saturated rings. The third-order valence-electron chi connectivity index (χ3n) is 3.69. The lowest BCUT2D eigenvalue weighted by atomic mass is 10.2. The summed E-state index contributed by atoms with van der Waals surface area (Å²) in [6.45, 7) is 0.0673. The number of carbonyl (C=O) groups excluding carboxylic acids is 1. The van der Waals surface area contributed by atoms with Crippen LogP contribution in [0.4, 0.5) is 5.69 Å². The molecule has 0 bridgehead atoms. The minimum absolute atomic E-state index is 0.0673. The number of nitrogens with two attached hydrogens (primary N) is 1. The Bertz CT molecular complexity index is 950. The van der Waals surface area contributed by atoms with Gasteiger partial charge in [0.15, 0.2) is 0 Å². The van der Waals surface area contributed by atoms with Crippen LogP contribution in [0.5, 0.6) is 11.5 Å². The minimum atomic E-state index is -0.966. The molecule has 27 heavy (non-hydrogen) atoms. The lowest BCUT2D eigenvalue weighted by Crippen LogP contribution is -2.25. The van der Waals surface area contributed by atoms with Gasteiger partial charge in [-0.1, -0.05) is 0 Å². The molecule has 0 spiro atoms. The molecule has 0 radical (unpaired) electrons. The summed E-state index contributed by atoms with van der Waals surface area (Å²) in [5, 5.41) is 11.2. The van der Waals surface area contributed by atoms with E-state index < -0.39 is 5.97 Å². The molecule has 3 rings (SSSR count). The number of aromatic amines is 1. The summed E-state index contributed by atoms with van der Waals surface area (Å²) >= 11 is 0. The van der Waals surface area contributed by atoms with Crippen molar-refractivity contribution >= 4 is 17.6 Å². The summed E-state index contributed by atoms with van der Waals surface area (Å²) in [7, 11) is 0. The van der Waals surface area contributed by atoms with Gasteiger partial charge in [-0.25, -0.2) is 0 Å². The zero-order chi connectivity index (χ0) is 19.2. The molecule has 0 aliphatic rings. The van der Waals surface area contributed by atoms with Gasteiger partial charge in [-0.05, 0) is 36.4 Å². The highest BCUT2D eigenvalue weighted by atomic mass is 16.5. The van der Waals surface area contributed by atoms with Gasteiger partial charge in [0.1, 0.15) is 11.5 Å². The zero-order valence-corrected chi connectivity index (χ0v) is 14.3. The Hall–Kier alpha value is -3.81. The summed E-state index contributed by atoms with van der Waals surface area (Å²) in [6.07, 6.45) is 3.02. The number of carbonyl (C=O) groups is 2. The number of anilines is 1. The number of rotatable bonds is 7. The van der Waals surface area contributed by atoms with Crippen LogP contribution >= 0.6 is 0 Å². The smallest absolute Gasteiger partial charge is 0.305 e. The third-order valence-corrected chi connectivity index (χ3v) is 3.69. The monoisotopic (exact) mass is 366 g/mol. The molecule has 1 amide bonds. The molecule has 0 aliphatic carbocycles. The number of H-pyrrole nitrogens is 1. The summed E-state index contributed by atoms with van der Waals surface area (Å²) < 4.78 is 5.78. The molecule has 8 heteroatoms. The highest BCUT2D eigenvalue weighted by Crippen LogP contribution is 2.26. The van der Waals surface area contributed by atoms with Gasteiger partial charge in [-0.15, -0.1) is 0 Å². The molecule has 3 aromatic rings. The number of benzene rings is 1. The van der Waals surface area contributed by atoms with Crippen LogP contribution in [0.25, 0.3) is 11.4 Å². The van der Waals surface area contributed by atoms with E-state index in [0.29, 0.717) is 34.1 Å². The summed E-state index contributed by atoms with van der Waals surface area (Å²) in [6, 6.07) is 12.1. The number of carboxylic acid groups (broad SMARTS) is 1. The van der Waals surface area contributed by atoms with E-state index in [1.165, 1.54) is 0 Å². The molecule has 0 unspecified atom stereocenters. The molecule has 5 N–H and O–H groups in total. The van der Waals surface area contributed by atoms with Gasteiger partial charge in [0.25, 0.3) is 5.91 Å². The standard InChI is InChI=1S/C19H18N4O4/c20-13-1-3-14(4-2-13)27-15-5-7-21-17(10-15)16-9-12(11-23-16)19(26)22-8-6-18(24)25/h1-5,7,9-11,23H,6,8,20H2,(H,22,26)(H,24,25). The van der Waals surface area contributed by atoms with E-state index in [2.05, 4.69) is 15.3 Å². The van der Waals surface area contributed by atoms with E-state index in [1.807, 2.05) is 0 Å². The van der Waals surface area contributed by atoms with Crippen LogP contribution in [0.15, 0.2) is 54.9 Å². The minimum Gasteiger partial charge on any atom is -0.481 e. The molecule has 0 aliphatic heterocycles. The lowest BCUT2D eigenvalue weighted by Gasteiger charge is -2.07. The van der Waals surface area contributed by atoms with E-state index in [0.717, 1.165) is 0 Å². The fourth-order valence-electron chi connectivity index (χ4n) is 2.35. The zero-order valence-electron chi connectivity index (χ0n) is 14.3. The first kappa shape index (κ1) is 18.0. The molecule has 0 saturated heterocycles. The first-order chi connectivity index (χ1) is 13.0. The molecule has 0 saturated carbocycles. The van der Waals surface area contributed by atoms with Gasteiger partial charge in [0, 0.05) is 30.7 Å². The first-order valence-electron chi connectivity index (χ1n) is 8.19. The number of nitrogen functional groups attached to an aromatic ring is 1. The van der Waals surface area contributed by atoms with Gasteiger partial charge >= 0.3 is 5.97 Å². The Morgan fingerprint density at radius 1 is 1.15 bits per heavy atom. The van der Waals surface area contributed by atoms with Crippen molar-refractivity contribution in [1.82, 2.24) is 15.3 Å². The summed E-state index contributed by atoms with van der Waals surface area (Å²) in [5.74, 6) is -0.0848. The van der Waals surface area contributed by atoms with Crippen molar-refractivity contribution in [2.45, 2.75) is 6.42 Å². The van der Waals surface area contributed by atoms with E-state index in [1.54, 1.807) is 54.9 Å². The summed E-state index contributed by atoms with van der Waals surface area (Å²) in [5.41, 5.74) is 7.95. The Kier molecular flexibility index (Phi) is 5.36. The molecule has 0 atom stereocenters. The molecular formula is C19H18N4O4. The Morgan fingerprint density at radius 3 is 2.67 bits per heavy atom. The molecule has 2 heterocycles. The van der Waals surface area contributed by atoms with Gasteiger partial charge < -0.3 is 25.9 Å². The number of nitrogens with one attached hydrogen (secondary N) is 2. The van der Waals surface area contributed by atoms with Crippen molar-refractivity contribution in [3.63, 3.8) is 0 Å². The fraction of sp³-hybridized carbons (Fsp3) is 0.105. The second-order valence-corrected chi connectivity index (χ2v) is 5.75. The molecular weight excluding hydrogens is 348 g/mol. The van der Waals surface area contributed by atoms with E-state index in [4.69, 9.17) is 15.6 Å². The average molecular weight is 366 g/mol. The number of hydrogen-bond acceptors (Lipinski definition) is 5. The Morgan fingerprint density at radius 2 is 1.93 bits per heavy atom. The van der Waals surface area contributed by atoms with E-state index in [9.17, 15) is 9.59 Å². The highest BCUT2D eigenvalue weighted by Gasteiger charge is 2.11. The van der Waals surface area contributed by atoms with Crippen LogP contribution in [0.3, 0.4) is 0 Å². The summed E-state index contributed by atoms with van der Waals surface area (Å²) in [4.78, 5) is 29.8. The number of pyridine rings is 1. The predicted molar refractivity (Wildman–Crippen MR) is 99.5 cm³/mol. The van der Waals surface area contributed by atoms with Crippen molar-refractivity contribution in [3.05, 3.63) is 60.4 Å². The SMILES string of the molecule is Nc1ccc(Oc2ccnc(-c3cc(C(=O)NCCC(=O)O)c[nH]3)c2)cc1. The van der Waals surface area contributed by atoms with Crippen molar-refractivity contribution in [3.8, 4) is 22.9 Å². The second kappa shape index (κ2) is 8.05. The maximum Gasteiger partial charge on any atom is 0.305 e. The molecule has 138 valence electrons. The number of aromatic nitrogens is 2. The van der Waals surface area contributed by atoms with Crippen LogP contribution in [0, 0.1) is 0 Å². The normalized spacial score (nSPS) is 10.4. The van der Waals surface area contributed by atoms with Crippen LogP contribution < -0.4 is 15.8 Å². The maximum atomic E-state index is 12.0. The number of aliphatic carboxylic acids is 1. The molecule has 2 aromatic heterocycles. The van der Waals surface area contributed by atoms with Crippen LogP contribution in [0.2, 0.25) is 0 Å². The second-order valence-electron chi connectivity index (χ2n) is 5.75. The fourth-order valence-corrected chi connectivity index (χ4v) is 2.35. The number of carboxylic acids is 1. The lowest BCUT2D eigenvalue weighted by molar-refractivity contribution is -0.136. The quantitative estimate of drug-likeness (QED) is 0.476. The Balaban J connectivity index is 1.70. The number of ether oxygens (including phenoxy) is 1. The largest absolute Gasteiger partial charge is 0.481 e. The number of hydrogen-bond donors (Lipinski definition) is 4. The van der Waals surface area contributed by atoms with Crippen molar-refractivity contribution in [2.75, 3.05) is 12.3 Å². The Labute approximate surface area is 155 Å². The van der Waals surface area contributed by atoms with Crippen LogP contribution in [0.1, 0.15) is 16.8 Å². The average Bonchev–Trinajstić information content (AvgIpc) is 3.14. The van der Waals surface area contributed by atoms with Crippen LogP contribution in [-0.2, 0) is 4.79 Å². The topological polar surface area (TPSA) is 130 Å².